The molecule has 9 heteroatoms. The van der Waals surface area contributed by atoms with Crippen LogP contribution in [0.1, 0.15) is 129 Å². The monoisotopic (exact) mass is 639 g/mol. The number of nitrogens with zero attached hydrogens (tertiary/aromatic N) is 1. The van der Waals surface area contributed by atoms with Crippen LogP contribution in [0.5, 0.6) is 0 Å². The number of carbonyl (C=O) groups excluding carboxylic acids is 4. The number of imide groups is 2. The Bertz CT molecular complexity index is 1150. The fraction of sp³-hybridized carbons (Fsp3) is 0.838. The second kappa shape index (κ2) is 15.4. The first-order valence-electron chi connectivity index (χ1n) is 18.8. The van der Waals surface area contributed by atoms with Crippen LogP contribution in [-0.2, 0) is 23.9 Å². The Balaban J connectivity index is 1.01. The number of fused-ring (bicyclic) bond motifs is 1. The molecule has 0 aromatic carbocycles. The van der Waals surface area contributed by atoms with Gasteiger partial charge in [0.05, 0.1) is 30.7 Å². The number of aliphatic hydroxyl groups excluding tert-OH is 1. The lowest BCUT2D eigenvalue weighted by molar-refractivity contribution is -0.151. The highest BCUT2D eigenvalue weighted by molar-refractivity contribution is 6.11. The molecule has 6 aliphatic rings. The average Bonchev–Trinajstić information content (AvgIpc) is 3.33. The maximum absolute atomic E-state index is 13.5. The third-order valence-corrected chi connectivity index (χ3v) is 12.5. The number of hydrogen-bond donors (Lipinski definition) is 3. The largest absolute Gasteiger partial charge is 0.393 e. The number of piperidine rings is 1. The first-order valence-corrected chi connectivity index (χ1v) is 18.8. The van der Waals surface area contributed by atoms with Gasteiger partial charge in [0.25, 0.3) is 0 Å². The zero-order valence-corrected chi connectivity index (χ0v) is 28.0. The van der Waals surface area contributed by atoms with Crippen LogP contribution in [0.4, 0.5) is 0 Å². The summed E-state index contributed by atoms with van der Waals surface area (Å²) < 4.78 is 6.41. The van der Waals surface area contributed by atoms with E-state index in [-0.39, 0.29) is 48.8 Å². The lowest BCUT2D eigenvalue weighted by Crippen LogP contribution is -2.55. The minimum absolute atomic E-state index is 0.109. The lowest BCUT2D eigenvalue weighted by Gasteiger charge is -2.39. The molecular weight excluding hydrogens is 582 g/mol. The van der Waals surface area contributed by atoms with Crippen molar-refractivity contribution in [2.75, 3.05) is 13.2 Å². The molecule has 0 bridgehead atoms. The van der Waals surface area contributed by atoms with Crippen molar-refractivity contribution in [1.82, 2.24) is 15.5 Å². The summed E-state index contributed by atoms with van der Waals surface area (Å²) in [6.07, 6.45) is 19.5. The molecule has 46 heavy (non-hydrogen) atoms. The predicted molar refractivity (Wildman–Crippen MR) is 174 cm³/mol. The number of hydrogen-bond acceptors (Lipinski definition) is 7. The van der Waals surface area contributed by atoms with Crippen LogP contribution in [0.25, 0.3) is 0 Å². The van der Waals surface area contributed by atoms with Crippen LogP contribution < -0.4 is 10.6 Å². The van der Waals surface area contributed by atoms with Crippen molar-refractivity contribution in [3.63, 3.8) is 0 Å². The summed E-state index contributed by atoms with van der Waals surface area (Å²) in [5.74, 6) is -0.203. The number of carbonyl (C=O) groups is 4. The van der Waals surface area contributed by atoms with E-state index in [1.807, 2.05) is 0 Å². The summed E-state index contributed by atoms with van der Waals surface area (Å²) in [6, 6.07) is -0.986. The van der Waals surface area contributed by atoms with Gasteiger partial charge in [-0.15, -0.1) is 0 Å². The number of aliphatic hydroxyl groups is 1. The van der Waals surface area contributed by atoms with Gasteiger partial charge < -0.3 is 15.2 Å². The fourth-order valence-electron chi connectivity index (χ4n) is 10.2. The van der Waals surface area contributed by atoms with Gasteiger partial charge in [-0.25, -0.2) is 0 Å². The summed E-state index contributed by atoms with van der Waals surface area (Å²) in [5, 5.41) is 16.1. The van der Waals surface area contributed by atoms with Gasteiger partial charge >= 0.3 is 0 Å². The average molecular weight is 640 g/mol. The van der Waals surface area contributed by atoms with E-state index in [1.54, 1.807) is 11.1 Å². The Labute approximate surface area is 275 Å². The topological polar surface area (TPSA) is 125 Å². The van der Waals surface area contributed by atoms with E-state index in [0.29, 0.717) is 31.4 Å². The van der Waals surface area contributed by atoms with Gasteiger partial charge in [0, 0.05) is 19.0 Å². The first-order chi connectivity index (χ1) is 22.4. The molecule has 256 valence electrons. The van der Waals surface area contributed by atoms with Crippen molar-refractivity contribution in [2.24, 2.45) is 29.6 Å². The van der Waals surface area contributed by atoms with Gasteiger partial charge in [0.2, 0.25) is 23.6 Å². The van der Waals surface area contributed by atoms with Gasteiger partial charge in [0.15, 0.2) is 0 Å². The highest BCUT2D eigenvalue weighted by Crippen LogP contribution is 2.46. The van der Waals surface area contributed by atoms with E-state index in [4.69, 9.17) is 4.74 Å². The molecule has 2 heterocycles. The maximum Gasteiger partial charge on any atom is 0.249 e. The van der Waals surface area contributed by atoms with Crippen LogP contribution in [0.2, 0.25) is 0 Å². The lowest BCUT2D eigenvalue weighted by atomic mass is 9.68. The molecule has 2 saturated heterocycles. The minimum atomic E-state index is -0.876. The molecule has 6 fully saturated rings. The van der Waals surface area contributed by atoms with Crippen LogP contribution in [-0.4, -0.2) is 71.1 Å². The molecule has 0 spiro atoms. The zero-order valence-electron chi connectivity index (χ0n) is 28.0. The maximum atomic E-state index is 13.5. The molecule has 0 aromatic rings. The molecule has 3 N–H and O–H groups in total. The first kappa shape index (κ1) is 33.8. The van der Waals surface area contributed by atoms with E-state index in [0.717, 1.165) is 57.3 Å². The van der Waals surface area contributed by atoms with E-state index in [2.05, 4.69) is 17.6 Å². The van der Waals surface area contributed by atoms with E-state index < -0.39 is 23.8 Å². The normalized spacial score (nSPS) is 36.8. The van der Waals surface area contributed by atoms with Crippen LogP contribution in [0.15, 0.2) is 11.1 Å². The third-order valence-electron chi connectivity index (χ3n) is 12.5. The number of amides is 4. The van der Waals surface area contributed by atoms with Crippen molar-refractivity contribution in [3.8, 4) is 0 Å². The molecule has 2 aliphatic heterocycles. The van der Waals surface area contributed by atoms with Crippen molar-refractivity contribution >= 4 is 23.6 Å². The summed E-state index contributed by atoms with van der Waals surface area (Å²) in [6.45, 7) is 3.58. The number of allylic oxidation sites excluding steroid dienone is 2. The van der Waals surface area contributed by atoms with Gasteiger partial charge in [-0.05, 0) is 108 Å². The molecule has 4 amide bonds. The molecule has 4 unspecified atom stereocenters. The minimum Gasteiger partial charge on any atom is -0.393 e. The number of rotatable bonds is 10. The summed E-state index contributed by atoms with van der Waals surface area (Å²) in [5.41, 5.74) is 3.56. The Kier molecular flexibility index (Phi) is 11.3. The van der Waals surface area contributed by atoms with Gasteiger partial charge in [-0.1, -0.05) is 43.8 Å². The van der Waals surface area contributed by atoms with Crippen molar-refractivity contribution in [1.29, 1.82) is 0 Å². The van der Waals surface area contributed by atoms with Crippen molar-refractivity contribution < 1.29 is 29.0 Å². The zero-order chi connectivity index (χ0) is 32.2. The molecule has 9 nitrogen and oxygen atoms in total. The van der Waals surface area contributed by atoms with Crippen molar-refractivity contribution in [3.05, 3.63) is 11.1 Å². The van der Waals surface area contributed by atoms with Crippen molar-refractivity contribution in [2.45, 2.75) is 153 Å². The molecular formula is C37H57N3O6. The highest BCUT2D eigenvalue weighted by atomic mass is 16.5. The summed E-state index contributed by atoms with van der Waals surface area (Å²) in [7, 11) is 0. The Hall–Kier alpha value is -2.10. The molecule has 4 aliphatic carbocycles. The smallest absolute Gasteiger partial charge is 0.249 e. The Morgan fingerprint density at radius 2 is 1.50 bits per heavy atom. The second-order valence-electron chi connectivity index (χ2n) is 15.2. The number of likely N-dealkylation sites (tertiary alicyclic amines) is 1. The molecule has 0 radical (unpaired) electrons. The number of nitrogens with one attached hydrogen (secondary N) is 2. The third kappa shape index (κ3) is 7.31. The Morgan fingerprint density at radius 3 is 2.17 bits per heavy atom. The number of ether oxygens (including phenoxy) is 1. The SMILES string of the molecule is CC/C(=C(\C1CCC(O)CC1)C1CCC(OCCNC2CCCC3C(=O)N(C4CCC(=O)NC4=O)C(=O)C23)CC1)C1CCCCC1. The van der Waals surface area contributed by atoms with Crippen LogP contribution >= 0.6 is 0 Å². The van der Waals surface area contributed by atoms with E-state index in [1.165, 1.54) is 56.3 Å². The van der Waals surface area contributed by atoms with E-state index in [9.17, 15) is 24.3 Å². The molecule has 4 saturated carbocycles. The Morgan fingerprint density at radius 1 is 0.804 bits per heavy atom. The predicted octanol–water partition coefficient (Wildman–Crippen LogP) is 4.95. The van der Waals surface area contributed by atoms with Gasteiger partial charge in [-0.2, -0.15) is 0 Å². The van der Waals surface area contributed by atoms with Gasteiger partial charge in [-0.3, -0.25) is 29.4 Å². The van der Waals surface area contributed by atoms with Gasteiger partial charge in [0.1, 0.15) is 6.04 Å². The van der Waals surface area contributed by atoms with E-state index >= 15 is 0 Å². The fourth-order valence-corrected chi connectivity index (χ4v) is 10.2. The molecule has 6 rings (SSSR count). The quantitative estimate of drug-likeness (QED) is 0.176. The highest BCUT2D eigenvalue weighted by Gasteiger charge is 2.55. The van der Waals surface area contributed by atoms with Crippen LogP contribution in [0.3, 0.4) is 0 Å². The standard InChI is InChI=1S/C37H57N3O6/c1-2-28(23-7-4-3-5-8-23)33(24-11-15-26(41)16-12-24)25-13-17-27(18-14-25)46-22-21-38-30-10-6-9-29-34(30)37(45)40(36(29)44)31-19-20-32(42)39-35(31)43/h23-27,29-31,34,38,41H,2-22H2,1H3,(H,39,42,43)/b33-28-. The van der Waals surface area contributed by atoms with Crippen LogP contribution in [0, 0.1) is 29.6 Å². The summed E-state index contributed by atoms with van der Waals surface area (Å²) >= 11 is 0. The molecule has 4 atom stereocenters. The summed E-state index contributed by atoms with van der Waals surface area (Å²) in [4.78, 5) is 52.1. The molecule has 0 aromatic heterocycles. The second-order valence-corrected chi connectivity index (χ2v) is 15.2.